The molecule has 0 spiro atoms. The van der Waals surface area contributed by atoms with Crippen LogP contribution in [0.2, 0.25) is 0 Å². The van der Waals surface area contributed by atoms with Gasteiger partial charge in [-0.15, -0.1) is 0 Å². The summed E-state index contributed by atoms with van der Waals surface area (Å²) in [6.07, 6.45) is 0. The molecule has 0 N–H and O–H groups in total. The number of fused-ring (bicyclic) bond motifs is 6. The molecule has 2 nitrogen and oxygen atoms in total. The van der Waals surface area contributed by atoms with Crippen molar-refractivity contribution in [2.75, 3.05) is 0 Å². The van der Waals surface area contributed by atoms with E-state index < -0.39 is 0 Å². The molecule has 0 unspecified atom stereocenters. The minimum absolute atomic E-state index is 0.927. The Morgan fingerprint density at radius 1 is 0.438 bits per heavy atom. The number of hydrogen-bond donors (Lipinski definition) is 0. The summed E-state index contributed by atoms with van der Waals surface area (Å²) in [7, 11) is 0. The van der Waals surface area contributed by atoms with Gasteiger partial charge in [0.25, 0.3) is 0 Å². The van der Waals surface area contributed by atoms with E-state index >= 15 is 0 Å². The normalized spacial score (nSPS) is 11.8. The van der Waals surface area contributed by atoms with E-state index in [-0.39, 0.29) is 0 Å². The smallest absolute Gasteiger partial charge is 0.136 e. The first-order chi connectivity index (χ1) is 15.9. The number of para-hydroxylation sites is 2. The highest BCUT2D eigenvalue weighted by Gasteiger charge is 2.16. The lowest BCUT2D eigenvalue weighted by Gasteiger charge is -2.08. The van der Waals surface area contributed by atoms with Gasteiger partial charge in [-0.2, -0.15) is 0 Å². The summed E-state index contributed by atoms with van der Waals surface area (Å²) in [5, 5.41) is 4.73. The number of benzene rings is 5. The van der Waals surface area contributed by atoms with Gasteiger partial charge in [0, 0.05) is 27.2 Å². The van der Waals surface area contributed by atoms with E-state index in [1.807, 2.05) is 12.1 Å². The summed E-state index contributed by atoms with van der Waals surface area (Å²) in [5.74, 6) is 0. The van der Waals surface area contributed by atoms with Crippen molar-refractivity contribution in [1.82, 2.24) is 4.57 Å². The van der Waals surface area contributed by atoms with Crippen LogP contribution >= 0.6 is 0 Å². The van der Waals surface area contributed by atoms with Gasteiger partial charge >= 0.3 is 0 Å². The minimum Gasteiger partial charge on any atom is -0.456 e. The third-order valence-electron chi connectivity index (χ3n) is 6.39. The SMILES string of the molecule is c1ccc(-c2ccc3c(c2)c2cc4oc5ccccc5c4cc2n3-c2ccccc2)cc1. The van der Waals surface area contributed by atoms with Crippen LogP contribution in [0.5, 0.6) is 0 Å². The van der Waals surface area contributed by atoms with Gasteiger partial charge in [0.1, 0.15) is 11.2 Å². The standard InChI is InChI=1S/C30H19NO/c1-3-9-20(10-4-1)21-15-16-27-24(17-21)25-19-30-26(23-13-7-8-14-29(23)32-30)18-28(25)31(27)22-11-5-2-6-12-22/h1-19H. The summed E-state index contributed by atoms with van der Waals surface area (Å²) in [6, 6.07) is 40.7. The van der Waals surface area contributed by atoms with E-state index in [0.29, 0.717) is 0 Å². The van der Waals surface area contributed by atoms with E-state index in [2.05, 4.69) is 108 Å². The highest BCUT2D eigenvalue weighted by molar-refractivity contribution is 6.17. The summed E-state index contributed by atoms with van der Waals surface area (Å²) in [5.41, 5.74) is 7.84. The molecule has 5 aromatic carbocycles. The lowest BCUT2D eigenvalue weighted by molar-refractivity contribution is 0.669. The van der Waals surface area contributed by atoms with Crippen LogP contribution < -0.4 is 0 Å². The van der Waals surface area contributed by atoms with E-state index in [4.69, 9.17) is 4.42 Å². The van der Waals surface area contributed by atoms with Crippen LogP contribution in [0.1, 0.15) is 0 Å². The van der Waals surface area contributed by atoms with Crippen molar-refractivity contribution in [3.63, 3.8) is 0 Å². The zero-order chi connectivity index (χ0) is 21.1. The molecular weight excluding hydrogens is 390 g/mol. The Balaban J connectivity index is 1.64. The fourth-order valence-electron chi connectivity index (χ4n) is 4.90. The average Bonchev–Trinajstić information content (AvgIpc) is 3.38. The fraction of sp³-hybridized carbons (Fsp3) is 0. The highest BCUT2D eigenvalue weighted by Crippen LogP contribution is 2.39. The van der Waals surface area contributed by atoms with Gasteiger partial charge in [-0.05, 0) is 53.6 Å². The highest BCUT2D eigenvalue weighted by atomic mass is 16.3. The second kappa shape index (κ2) is 6.60. The summed E-state index contributed by atoms with van der Waals surface area (Å²) >= 11 is 0. The van der Waals surface area contributed by atoms with Crippen LogP contribution in [0.4, 0.5) is 0 Å². The zero-order valence-electron chi connectivity index (χ0n) is 17.3. The van der Waals surface area contributed by atoms with Crippen LogP contribution in [0.25, 0.3) is 60.6 Å². The molecule has 0 aliphatic rings. The molecule has 0 atom stereocenters. The lowest BCUT2D eigenvalue weighted by atomic mass is 10.0. The van der Waals surface area contributed by atoms with Gasteiger partial charge in [0.05, 0.1) is 11.0 Å². The summed E-state index contributed by atoms with van der Waals surface area (Å²) < 4.78 is 8.59. The van der Waals surface area contributed by atoms with Crippen molar-refractivity contribution in [2.24, 2.45) is 0 Å². The van der Waals surface area contributed by atoms with Crippen LogP contribution in [0.15, 0.2) is 120 Å². The van der Waals surface area contributed by atoms with Gasteiger partial charge in [-0.25, -0.2) is 0 Å². The Bertz CT molecular complexity index is 1760. The van der Waals surface area contributed by atoms with E-state index in [1.165, 1.54) is 32.9 Å². The number of rotatable bonds is 2. The van der Waals surface area contributed by atoms with Crippen molar-refractivity contribution in [1.29, 1.82) is 0 Å². The molecule has 0 aliphatic carbocycles. The summed E-state index contributed by atoms with van der Waals surface area (Å²) in [4.78, 5) is 0. The molecule has 2 heterocycles. The Morgan fingerprint density at radius 2 is 1.16 bits per heavy atom. The van der Waals surface area contributed by atoms with Crippen LogP contribution in [0.3, 0.4) is 0 Å². The average molecular weight is 409 g/mol. The van der Waals surface area contributed by atoms with Crippen molar-refractivity contribution in [2.45, 2.75) is 0 Å². The number of nitrogens with zero attached hydrogens (tertiary/aromatic N) is 1. The largest absolute Gasteiger partial charge is 0.456 e. The molecular formula is C30H19NO. The van der Waals surface area contributed by atoms with Crippen molar-refractivity contribution < 1.29 is 4.42 Å². The molecule has 2 heteroatoms. The Kier molecular flexibility index (Phi) is 3.58. The maximum absolute atomic E-state index is 6.23. The molecule has 2 aromatic heterocycles. The quantitative estimate of drug-likeness (QED) is 0.280. The Labute approximate surface area is 184 Å². The Morgan fingerprint density at radius 3 is 2.00 bits per heavy atom. The lowest BCUT2D eigenvalue weighted by Crippen LogP contribution is -1.93. The van der Waals surface area contributed by atoms with E-state index in [1.54, 1.807) is 0 Å². The van der Waals surface area contributed by atoms with Gasteiger partial charge in [0.15, 0.2) is 0 Å². The van der Waals surface area contributed by atoms with Crippen molar-refractivity contribution in [3.8, 4) is 16.8 Å². The van der Waals surface area contributed by atoms with E-state index in [9.17, 15) is 0 Å². The number of furan rings is 1. The zero-order valence-corrected chi connectivity index (χ0v) is 17.3. The van der Waals surface area contributed by atoms with Gasteiger partial charge in [-0.3, -0.25) is 0 Å². The van der Waals surface area contributed by atoms with Crippen molar-refractivity contribution in [3.05, 3.63) is 115 Å². The van der Waals surface area contributed by atoms with Crippen molar-refractivity contribution >= 4 is 43.7 Å². The van der Waals surface area contributed by atoms with Gasteiger partial charge in [0.2, 0.25) is 0 Å². The molecule has 32 heavy (non-hydrogen) atoms. The molecule has 150 valence electrons. The molecule has 0 amide bonds. The number of hydrogen-bond acceptors (Lipinski definition) is 1. The second-order valence-electron chi connectivity index (χ2n) is 8.23. The van der Waals surface area contributed by atoms with Crippen LogP contribution in [-0.2, 0) is 0 Å². The topological polar surface area (TPSA) is 18.1 Å². The predicted molar refractivity (Wildman–Crippen MR) is 133 cm³/mol. The van der Waals surface area contributed by atoms with Gasteiger partial charge < -0.3 is 8.98 Å². The van der Waals surface area contributed by atoms with Crippen LogP contribution in [0, 0.1) is 0 Å². The molecule has 0 radical (unpaired) electrons. The monoisotopic (exact) mass is 409 g/mol. The van der Waals surface area contributed by atoms with Crippen LogP contribution in [-0.4, -0.2) is 4.57 Å². The Hall–Kier alpha value is -4.30. The first-order valence-electron chi connectivity index (χ1n) is 10.9. The molecule has 7 aromatic rings. The number of aromatic nitrogens is 1. The third kappa shape index (κ3) is 2.47. The molecule has 0 saturated carbocycles. The maximum atomic E-state index is 6.23. The first kappa shape index (κ1) is 17.4. The predicted octanol–water partition coefficient (Wildman–Crippen LogP) is 8.35. The molecule has 0 aliphatic heterocycles. The molecule has 0 fully saturated rings. The fourth-order valence-corrected chi connectivity index (χ4v) is 4.90. The third-order valence-corrected chi connectivity index (χ3v) is 6.39. The second-order valence-corrected chi connectivity index (χ2v) is 8.23. The molecule has 0 bridgehead atoms. The molecule has 0 saturated heterocycles. The van der Waals surface area contributed by atoms with Gasteiger partial charge in [-0.1, -0.05) is 72.8 Å². The van der Waals surface area contributed by atoms with E-state index in [0.717, 1.165) is 27.6 Å². The summed E-state index contributed by atoms with van der Waals surface area (Å²) in [6.45, 7) is 0. The first-order valence-corrected chi connectivity index (χ1v) is 10.9. The maximum Gasteiger partial charge on any atom is 0.136 e. The minimum atomic E-state index is 0.927. The molecule has 7 rings (SSSR count).